The van der Waals surface area contributed by atoms with Crippen LogP contribution in [0.15, 0.2) is 36.9 Å². The van der Waals surface area contributed by atoms with Crippen LogP contribution < -0.4 is 0 Å². The molecule has 0 radical (unpaired) electrons. The van der Waals surface area contributed by atoms with Gasteiger partial charge in [-0.3, -0.25) is 19.6 Å². The lowest BCUT2D eigenvalue weighted by Crippen LogP contribution is -2.12. The van der Waals surface area contributed by atoms with Gasteiger partial charge >= 0.3 is 0 Å². The first kappa shape index (κ1) is 12.0. The van der Waals surface area contributed by atoms with E-state index >= 15 is 0 Å². The Morgan fingerprint density at radius 3 is 2.33 bits per heavy atom. The summed E-state index contributed by atoms with van der Waals surface area (Å²) in [6, 6.07) is 3.16. The van der Waals surface area contributed by atoms with Crippen LogP contribution in [-0.2, 0) is 0 Å². The van der Waals surface area contributed by atoms with E-state index in [1.807, 2.05) is 0 Å². The van der Waals surface area contributed by atoms with Gasteiger partial charge in [-0.1, -0.05) is 0 Å². The molecule has 0 saturated heterocycles. The molecular weight excluding hydrogens is 230 g/mol. The van der Waals surface area contributed by atoms with Crippen LogP contribution in [0.25, 0.3) is 0 Å². The van der Waals surface area contributed by atoms with Gasteiger partial charge < -0.3 is 0 Å². The van der Waals surface area contributed by atoms with Gasteiger partial charge in [0.25, 0.3) is 0 Å². The first-order valence-corrected chi connectivity index (χ1v) is 5.42. The number of hydrogen-bond acceptors (Lipinski definition) is 5. The smallest absolute Gasteiger partial charge is 0.190 e. The summed E-state index contributed by atoms with van der Waals surface area (Å²) >= 11 is 0. The predicted molar refractivity (Wildman–Crippen MR) is 64.3 cm³/mol. The van der Waals surface area contributed by atoms with E-state index in [-0.39, 0.29) is 23.7 Å². The van der Waals surface area contributed by atoms with Gasteiger partial charge in [0, 0.05) is 30.4 Å². The van der Waals surface area contributed by atoms with Gasteiger partial charge in [-0.15, -0.1) is 0 Å². The van der Waals surface area contributed by atoms with Gasteiger partial charge in [0.15, 0.2) is 11.6 Å². The number of hydrogen-bond donors (Lipinski definition) is 0. The van der Waals surface area contributed by atoms with Crippen molar-refractivity contribution in [1.82, 2.24) is 15.0 Å². The molecule has 2 aromatic heterocycles. The highest BCUT2D eigenvalue weighted by Gasteiger charge is 2.16. The minimum atomic E-state index is -0.317. The maximum Gasteiger partial charge on any atom is 0.190 e. The fourth-order valence-electron chi connectivity index (χ4n) is 1.55. The van der Waals surface area contributed by atoms with Gasteiger partial charge in [0.05, 0.1) is 12.1 Å². The van der Waals surface area contributed by atoms with Crippen molar-refractivity contribution in [2.75, 3.05) is 0 Å². The molecular formula is C13H11N3O2. The van der Waals surface area contributed by atoms with E-state index in [0.29, 0.717) is 11.3 Å². The van der Waals surface area contributed by atoms with E-state index in [2.05, 4.69) is 15.0 Å². The van der Waals surface area contributed by atoms with E-state index in [4.69, 9.17) is 0 Å². The highest BCUT2D eigenvalue weighted by atomic mass is 16.1. The molecule has 0 saturated carbocycles. The van der Waals surface area contributed by atoms with Crippen molar-refractivity contribution in [3.63, 3.8) is 0 Å². The fourth-order valence-corrected chi connectivity index (χ4v) is 1.55. The average Bonchev–Trinajstić information content (AvgIpc) is 2.40. The van der Waals surface area contributed by atoms with E-state index in [0.717, 1.165) is 0 Å². The summed E-state index contributed by atoms with van der Waals surface area (Å²) in [5, 5.41) is 0. The quantitative estimate of drug-likeness (QED) is 0.601. The predicted octanol–water partition coefficient (Wildman–Crippen LogP) is 1.64. The lowest BCUT2D eigenvalue weighted by molar-refractivity contribution is 0.0891. The zero-order valence-electron chi connectivity index (χ0n) is 9.83. The molecule has 0 atom stereocenters. The van der Waals surface area contributed by atoms with E-state index in [1.165, 1.54) is 24.8 Å². The third kappa shape index (κ3) is 2.63. The summed E-state index contributed by atoms with van der Waals surface area (Å²) in [5.41, 5.74) is 1.25. The zero-order valence-corrected chi connectivity index (χ0v) is 9.83. The monoisotopic (exact) mass is 241 g/mol. The molecule has 0 aliphatic heterocycles. The number of rotatable bonds is 4. The SMILES string of the molecule is Cc1nccnc1C(=O)CC(=O)c1ccncc1. The molecule has 0 bridgehead atoms. The lowest BCUT2D eigenvalue weighted by Gasteiger charge is -2.02. The first-order chi connectivity index (χ1) is 8.68. The van der Waals surface area contributed by atoms with Crippen molar-refractivity contribution in [2.45, 2.75) is 13.3 Å². The molecule has 2 heterocycles. The van der Waals surface area contributed by atoms with Gasteiger partial charge in [-0.2, -0.15) is 0 Å². The number of pyridine rings is 1. The molecule has 0 aliphatic carbocycles. The standard InChI is InChI=1S/C13H11N3O2/c1-9-13(16-7-6-15-9)12(18)8-11(17)10-2-4-14-5-3-10/h2-7H,8H2,1H3. The van der Waals surface area contributed by atoms with Crippen LogP contribution >= 0.6 is 0 Å². The number of ketones is 2. The molecule has 2 aromatic rings. The molecule has 0 N–H and O–H groups in total. The summed E-state index contributed by atoms with van der Waals surface area (Å²) < 4.78 is 0. The second-order valence-corrected chi connectivity index (χ2v) is 3.75. The Labute approximate surface area is 104 Å². The molecule has 2 rings (SSSR count). The molecule has 90 valence electrons. The number of Topliss-reactive ketones (excluding diaryl/α,β-unsaturated/α-hetero) is 2. The third-order valence-corrected chi connectivity index (χ3v) is 2.47. The van der Waals surface area contributed by atoms with Crippen LogP contribution in [0.2, 0.25) is 0 Å². The number of aromatic nitrogens is 3. The molecule has 0 fully saturated rings. The van der Waals surface area contributed by atoms with Crippen molar-refractivity contribution in [3.8, 4) is 0 Å². The van der Waals surface area contributed by atoms with Gasteiger partial charge in [-0.25, -0.2) is 4.98 Å². The van der Waals surface area contributed by atoms with Crippen LogP contribution in [-0.4, -0.2) is 26.5 Å². The maximum absolute atomic E-state index is 11.9. The minimum Gasteiger partial charge on any atom is -0.294 e. The molecule has 0 unspecified atom stereocenters. The molecule has 0 amide bonds. The van der Waals surface area contributed by atoms with Crippen LogP contribution in [0.3, 0.4) is 0 Å². The van der Waals surface area contributed by atoms with Crippen molar-refractivity contribution >= 4 is 11.6 Å². The largest absolute Gasteiger partial charge is 0.294 e. The summed E-state index contributed by atoms with van der Waals surface area (Å²) in [7, 11) is 0. The van der Waals surface area contributed by atoms with Crippen molar-refractivity contribution in [2.24, 2.45) is 0 Å². The number of aryl methyl sites for hydroxylation is 1. The maximum atomic E-state index is 11.9. The Morgan fingerprint density at radius 1 is 1.00 bits per heavy atom. The Hall–Kier alpha value is -2.43. The summed E-state index contributed by atoms with van der Waals surface area (Å²) in [4.78, 5) is 35.5. The van der Waals surface area contributed by atoms with Crippen LogP contribution in [0.1, 0.15) is 33.0 Å². The molecule has 18 heavy (non-hydrogen) atoms. The minimum absolute atomic E-state index is 0.205. The number of carbonyl (C=O) groups is 2. The van der Waals surface area contributed by atoms with Crippen LogP contribution in [0, 0.1) is 6.92 Å². The van der Waals surface area contributed by atoms with Gasteiger partial charge in [0.2, 0.25) is 0 Å². The highest BCUT2D eigenvalue weighted by Crippen LogP contribution is 2.08. The number of nitrogens with zero attached hydrogens (tertiary/aromatic N) is 3. The summed E-state index contributed by atoms with van der Waals surface area (Å²) in [5.74, 6) is -0.560. The second-order valence-electron chi connectivity index (χ2n) is 3.75. The third-order valence-electron chi connectivity index (χ3n) is 2.47. The normalized spacial score (nSPS) is 10.1. The molecule has 0 aliphatic rings. The number of carbonyl (C=O) groups excluding carboxylic acids is 2. The molecule has 0 aromatic carbocycles. The van der Waals surface area contributed by atoms with Crippen molar-refractivity contribution in [3.05, 3.63) is 53.9 Å². The molecule has 5 nitrogen and oxygen atoms in total. The zero-order chi connectivity index (χ0) is 13.0. The summed E-state index contributed by atoms with van der Waals surface area (Å²) in [6.07, 6.45) is 5.79. The summed E-state index contributed by atoms with van der Waals surface area (Å²) in [6.45, 7) is 1.69. The topological polar surface area (TPSA) is 72.8 Å². The van der Waals surface area contributed by atoms with E-state index in [1.54, 1.807) is 19.1 Å². The van der Waals surface area contributed by atoms with Gasteiger partial charge in [0.1, 0.15) is 5.69 Å². The van der Waals surface area contributed by atoms with Crippen LogP contribution in [0.4, 0.5) is 0 Å². The fraction of sp³-hybridized carbons (Fsp3) is 0.154. The Morgan fingerprint density at radius 2 is 1.67 bits per heavy atom. The van der Waals surface area contributed by atoms with E-state index < -0.39 is 0 Å². The molecule has 5 heteroatoms. The average molecular weight is 241 g/mol. The van der Waals surface area contributed by atoms with Crippen LogP contribution in [0.5, 0.6) is 0 Å². The van der Waals surface area contributed by atoms with Crippen molar-refractivity contribution < 1.29 is 9.59 Å². The first-order valence-electron chi connectivity index (χ1n) is 5.42. The second kappa shape index (κ2) is 5.27. The Balaban J connectivity index is 2.14. The van der Waals surface area contributed by atoms with Crippen molar-refractivity contribution in [1.29, 1.82) is 0 Å². The van der Waals surface area contributed by atoms with E-state index in [9.17, 15) is 9.59 Å². The highest BCUT2D eigenvalue weighted by molar-refractivity contribution is 6.13. The Kier molecular flexibility index (Phi) is 3.52. The molecule has 0 spiro atoms. The van der Waals surface area contributed by atoms with Gasteiger partial charge in [-0.05, 0) is 19.1 Å². The lowest BCUT2D eigenvalue weighted by atomic mass is 10.0. The Bertz CT molecular complexity index is 582.